The Balaban J connectivity index is 1.54. The van der Waals surface area contributed by atoms with Crippen LogP contribution in [0.25, 0.3) is 11.0 Å². The molecule has 0 aliphatic heterocycles. The summed E-state index contributed by atoms with van der Waals surface area (Å²) in [5.41, 5.74) is 0.124. The Labute approximate surface area is 170 Å². The molecule has 7 nitrogen and oxygen atoms in total. The Bertz CT molecular complexity index is 1030. The maximum atomic E-state index is 12.7. The van der Waals surface area contributed by atoms with Gasteiger partial charge in [-0.1, -0.05) is 6.07 Å². The molecule has 0 fully saturated rings. The van der Waals surface area contributed by atoms with Crippen LogP contribution in [0.1, 0.15) is 35.8 Å². The molecule has 30 heavy (non-hydrogen) atoms. The first-order chi connectivity index (χ1) is 14.1. The summed E-state index contributed by atoms with van der Waals surface area (Å²) in [6.45, 7) is 3.52. The maximum Gasteiger partial charge on any atom is 0.416 e. The van der Waals surface area contributed by atoms with Gasteiger partial charge in [-0.2, -0.15) is 18.3 Å². The Morgan fingerprint density at radius 2 is 2.03 bits per heavy atom. The molecule has 10 heteroatoms. The van der Waals surface area contributed by atoms with Crippen LogP contribution in [0.15, 0.2) is 42.7 Å². The largest absolute Gasteiger partial charge is 0.491 e. The third kappa shape index (κ3) is 5.07. The highest BCUT2D eigenvalue weighted by Crippen LogP contribution is 2.31. The number of fused-ring (bicyclic) bond motifs is 1. The second-order valence-corrected chi connectivity index (χ2v) is 7.02. The minimum Gasteiger partial charge on any atom is -0.491 e. The van der Waals surface area contributed by atoms with Gasteiger partial charge in [-0.3, -0.25) is 4.79 Å². The van der Waals surface area contributed by atoms with Gasteiger partial charge in [-0.25, -0.2) is 9.67 Å². The lowest BCUT2D eigenvalue weighted by Crippen LogP contribution is -2.35. The number of benzene rings is 1. The van der Waals surface area contributed by atoms with E-state index in [1.54, 1.807) is 16.9 Å². The zero-order valence-electron chi connectivity index (χ0n) is 16.3. The molecule has 0 aliphatic carbocycles. The number of amides is 1. The summed E-state index contributed by atoms with van der Waals surface area (Å²) in [4.78, 5) is 16.6. The number of halogens is 3. The molecule has 1 atom stereocenters. The van der Waals surface area contributed by atoms with Crippen LogP contribution in [0, 0.1) is 0 Å². The highest BCUT2D eigenvalue weighted by molar-refractivity contribution is 5.96. The quantitative estimate of drug-likeness (QED) is 0.611. The highest BCUT2D eigenvalue weighted by Gasteiger charge is 2.30. The number of alkyl halides is 3. The van der Waals surface area contributed by atoms with Gasteiger partial charge < -0.3 is 15.2 Å². The predicted molar refractivity (Wildman–Crippen MR) is 103 cm³/mol. The van der Waals surface area contributed by atoms with E-state index in [1.807, 2.05) is 13.8 Å². The molecule has 1 amide bonds. The molecule has 0 spiro atoms. The molecule has 3 rings (SSSR count). The van der Waals surface area contributed by atoms with Gasteiger partial charge >= 0.3 is 6.18 Å². The molecule has 0 radical (unpaired) electrons. The van der Waals surface area contributed by atoms with Crippen LogP contribution in [-0.2, 0) is 6.18 Å². The number of pyridine rings is 1. The van der Waals surface area contributed by atoms with Crippen LogP contribution in [0.2, 0.25) is 0 Å². The molecule has 3 aromatic rings. The van der Waals surface area contributed by atoms with Gasteiger partial charge in [0.1, 0.15) is 18.5 Å². The number of aromatic nitrogens is 3. The molecule has 0 saturated carbocycles. The van der Waals surface area contributed by atoms with Crippen molar-refractivity contribution in [2.24, 2.45) is 0 Å². The summed E-state index contributed by atoms with van der Waals surface area (Å²) < 4.78 is 45.1. The Morgan fingerprint density at radius 3 is 2.73 bits per heavy atom. The monoisotopic (exact) mass is 422 g/mol. The lowest BCUT2D eigenvalue weighted by Gasteiger charge is -2.14. The van der Waals surface area contributed by atoms with E-state index in [0.717, 1.165) is 12.1 Å². The molecule has 160 valence electrons. The molecular formula is C20H21F3N4O3. The number of hydrogen-bond donors (Lipinski definition) is 2. The number of carbonyl (C=O) groups is 1. The highest BCUT2D eigenvalue weighted by atomic mass is 19.4. The van der Waals surface area contributed by atoms with Crippen LogP contribution in [0.3, 0.4) is 0 Å². The van der Waals surface area contributed by atoms with E-state index in [1.165, 1.54) is 18.3 Å². The smallest absolute Gasteiger partial charge is 0.416 e. The summed E-state index contributed by atoms with van der Waals surface area (Å²) >= 11 is 0. The topological polar surface area (TPSA) is 89.3 Å². The Hall–Kier alpha value is -3.14. The number of carbonyl (C=O) groups excluding carboxylic acids is 1. The average molecular weight is 422 g/mol. The molecular weight excluding hydrogens is 401 g/mol. The number of ether oxygens (including phenoxy) is 1. The number of nitrogens with zero attached hydrogens (tertiary/aromatic N) is 3. The molecule has 2 heterocycles. The van der Waals surface area contributed by atoms with E-state index in [4.69, 9.17) is 4.74 Å². The minimum absolute atomic E-state index is 0.0213. The summed E-state index contributed by atoms with van der Waals surface area (Å²) in [6.07, 6.45) is -2.54. The fourth-order valence-electron chi connectivity index (χ4n) is 2.77. The van der Waals surface area contributed by atoms with Crippen molar-refractivity contribution < 1.29 is 27.8 Å². The van der Waals surface area contributed by atoms with Gasteiger partial charge in [-0.15, -0.1) is 0 Å². The Kier molecular flexibility index (Phi) is 6.25. The van der Waals surface area contributed by atoms with Crippen LogP contribution in [0.4, 0.5) is 13.2 Å². The van der Waals surface area contributed by atoms with E-state index < -0.39 is 23.8 Å². The van der Waals surface area contributed by atoms with Crippen LogP contribution in [0.5, 0.6) is 5.75 Å². The van der Waals surface area contributed by atoms with Crippen molar-refractivity contribution >= 4 is 16.9 Å². The van der Waals surface area contributed by atoms with E-state index in [0.29, 0.717) is 16.6 Å². The third-order valence-electron chi connectivity index (χ3n) is 4.29. The lowest BCUT2D eigenvalue weighted by molar-refractivity contribution is -0.137. The predicted octanol–water partition coefficient (Wildman–Crippen LogP) is 3.20. The van der Waals surface area contributed by atoms with Gasteiger partial charge in [0.2, 0.25) is 0 Å². The molecule has 0 bridgehead atoms. The molecule has 1 unspecified atom stereocenters. The standard InChI is InChI=1S/C20H21F3N4O3/c1-12(2)27-18-13(9-26-27)6-14(8-24-18)19(29)25-10-16(28)11-30-17-5-3-4-15(7-17)20(21,22)23/h3-9,12,16,28H,10-11H2,1-2H3,(H,25,29). The zero-order chi connectivity index (χ0) is 21.9. The summed E-state index contributed by atoms with van der Waals surface area (Å²) in [5, 5.41) is 17.5. The minimum atomic E-state index is -4.48. The Morgan fingerprint density at radius 1 is 1.27 bits per heavy atom. The summed E-state index contributed by atoms with van der Waals surface area (Å²) in [5.74, 6) is -0.466. The van der Waals surface area contributed by atoms with Crippen molar-refractivity contribution in [3.05, 3.63) is 53.9 Å². The lowest BCUT2D eigenvalue weighted by atomic mass is 10.2. The number of rotatable bonds is 7. The van der Waals surface area contributed by atoms with Crippen molar-refractivity contribution in [1.82, 2.24) is 20.1 Å². The number of aliphatic hydroxyl groups excluding tert-OH is 1. The number of hydrogen-bond acceptors (Lipinski definition) is 5. The SMILES string of the molecule is CC(C)n1ncc2cc(C(=O)NCC(O)COc3cccc(C(F)(F)F)c3)cnc21. The second kappa shape index (κ2) is 8.70. The van der Waals surface area contributed by atoms with Gasteiger partial charge in [0.15, 0.2) is 5.65 Å². The average Bonchev–Trinajstić information content (AvgIpc) is 3.13. The summed E-state index contributed by atoms with van der Waals surface area (Å²) in [6, 6.07) is 6.13. The van der Waals surface area contributed by atoms with Crippen molar-refractivity contribution in [1.29, 1.82) is 0 Å². The van der Waals surface area contributed by atoms with Crippen LogP contribution in [-0.4, -0.2) is 45.0 Å². The molecule has 0 saturated heterocycles. The molecule has 2 aromatic heterocycles. The first kappa shape index (κ1) is 21.6. The van der Waals surface area contributed by atoms with Crippen molar-refractivity contribution in [3.63, 3.8) is 0 Å². The molecule has 2 N–H and O–H groups in total. The van der Waals surface area contributed by atoms with E-state index in [-0.39, 0.29) is 24.9 Å². The number of aliphatic hydroxyl groups is 1. The van der Waals surface area contributed by atoms with Crippen molar-refractivity contribution in [2.75, 3.05) is 13.2 Å². The molecule has 1 aromatic carbocycles. The fraction of sp³-hybridized carbons (Fsp3) is 0.350. The second-order valence-electron chi connectivity index (χ2n) is 7.02. The van der Waals surface area contributed by atoms with Gasteiger partial charge in [-0.05, 0) is 38.1 Å². The van der Waals surface area contributed by atoms with Crippen LogP contribution < -0.4 is 10.1 Å². The van der Waals surface area contributed by atoms with Crippen molar-refractivity contribution in [3.8, 4) is 5.75 Å². The van der Waals surface area contributed by atoms with E-state index >= 15 is 0 Å². The normalized spacial score (nSPS) is 12.9. The first-order valence-electron chi connectivity index (χ1n) is 9.24. The van der Waals surface area contributed by atoms with E-state index in [2.05, 4.69) is 15.4 Å². The van der Waals surface area contributed by atoms with Gasteiger partial charge in [0.05, 0.1) is 17.3 Å². The first-order valence-corrected chi connectivity index (χ1v) is 9.24. The summed E-state index contributed by atoms with van der Waals surface area (Å²) in [7, 11) is 0. The van der Waals surface area contributed by atoms with Crippen LogP contribution >= 0.6 is 0 Å². The third-order valence-corrected chi connectivity index (χ3v) is 4.29. The zero-order valence-corrected chi connectivity index (χ0v) is 16.3. The van der Waals surface area contributed by atoms with E-state index in [9.17, 15) is 23.1 Å². The molecule has 0 aliphatic rings. The fourth-order valence-corrected chi connectivity index (χ4v) is 2.77. The number of nitrogens with one attached hydrogen (secondary N) is 1. The van der Waals surface area contributed by atoms with Gasteiger partial charge in [0, 0.05) is 24.2 Å². The maximum absolute atomic E-state index is 12.7. The van der Waals surface area contributed by atoms with Crippen molar-refractivity contribution in [2.45, 2.75) is 32.2 Å². The van der Waals surface area contributed by atoms with Gasteiger partial charge in [0.25, 0.3) is 5.91 Å².